The summed E-state index contributed by atoms with van der Waals surface area (Å²) < 4.78 is 6.79. The minimum atomic E-state index is 0.869. The lowest BCUT2D eigenvalue weighted by molar-refractivity contribution is 0.670. The molecule has 2 nitrogen and oxygen atoms in total. The SMILES string of the molecule is c1ccc(-c2ccc(-c3ccc(N(c4cccc5c4ccc4ccccc45)c4ccc(-c5ccccc5)c5oc6ccccc6c45)cc3)c(-c3ccccc3)c2)cc1. The first-order chi connectivity index (χ1) is 28.8. The van der Waals surface area contributed by atoms with Crippen LogP contribution in [0.15, 0.2) is 229 Å². The fourth-order valence-corrected chi connectivity index (χ4v) is 8.72. The molecule has 0 N–H and O–H groups in total. The van der Waals surface area contributed by atoms with Gasteiger partial charge < -0.3 is 9.32 Å². The first-order valence-electron chi connectivity index (χ1n) is 19.8. The number of anilines is 3. The predicted octanol–water partition coefficient (Wildman–Crippen LogP) is 16.0. The molecule has 0 saturated carbocycles. The summed E-state index contributed by atoms with van der Waals surface area (Å²) in [6, 6.07) is 80.6. The molecule has 10 aromatic carbocycles. The van der Waals surface area contributed by atoms with Crippen molar-refractivity contribution in [1.82, 2.24) is 0 Å². The van der Waals surface area contributed by atoms with Crippen LogP contribution in [0.5, 0.6) is 0 Å². The Morgan fingerprint density at radius 3 is 1.66 bits per heavy atom. The van der Waals surface area contributed by atoms with Crippen LogP contribution in [0.2, 0.25) is 0 Å². The standard InChI is InChI=1S/C56H37NO/c1-4-15-38(16-5-1)43-30-33-46(51(37-43)40-19-8-3-9-20-40)42-27-31-44(32-28-42)57(52-25-14-24-48-45-22-11-10-21-41(45)29-34-49(48)52)53-36-35-47(39-17-6-2-7-18-39)56-55(53)50-23-12-13-26-54(50)58-56/h1-37H. The predicted molar refractivity (Wildman–Crippen MR) is 245 cm³/mol. The molecule has 0 fully saturated rings. The average Bonchev–Trinajstić information content (AvgIpc) is 3.70. The van der Waals surface area contributed by atoms with E-state index < -0.39 is 0 Å². The van der Waals surface area contributed by atoms with Crippen molar-refractivity contribution in [2.45, 2.75) is 0 Å². The number of hydrogen-bond donors (Lipinski definition) is 0. The largest absolute Gasteiger partial charge is 0.455 e. The normalized spacial score (nSPS) is 11.4. The number of fused-ring (bicyclic) bond motifs is 6. The highest BCUT2D eigenvalue weighted by molar-refractivity contribution is 6.19. The second-order valence-electron chi connectivity index (χ2n) is 14.8. The molecule has 0 bridgehead atoms. The zero-order valence-electron chi connectivity index (χ0n) is 31.7. The van der Waals surface area contributed by atoms with Crippen molar-refractivity contribution in [3.8, 4) is 44.5 Å². The third-order valence-electron chi connectivity index (χ3n) is 11.5. The molecule has 0 aliphatic heterocycles. The molecule has 0 unspecified atom stereocenters. The van der Waals surface area contributed by atoms with Gasteiger partial charge in [-0.25, -0.2) is 0 Å². The minimum absolute atomic E-state index is 0.869. The van der Waals surface area contributed by atoms with Gasteiger partial charge >= 0.3 is 0 Å². The molecule has 11 rings (SSSR count). The van der Waals surface area contributed by atoms with Crippen molar-refractivity contribution in [3.63, 3.8) is 0 Å². The summed E-state index contributed by atoms with van der Waals surface area (Å²) in [6.45, 7) is 0. The maximum atomic E-state index is 6.79. The Labute approximate surface area is 337 Å². The smallest absolute Gasteiger partial charge is 0.145 e. The second kappa shape index (κ2) is 14.1. The second-order valence-corrected chi connectivity index (χ2v) is 14.8. The molecule has 0 spiro atoms. The van der Waals surface area contributed by atoms with Crippen molar-refractivity contribution < 1.29 is 4.42 Å². The van der Waals surface area contributed by atoms with E-state index in [0.29, 0.717) is 0 Å². The van der Waals surface area contributed by atoms with Gasteiger partial charge in [0.15, 0.2) is 0 Å². The van der Waals surface area contributed by atoms with E-state index in [2.05, 4.69) is 229 Å². The van der Waals surface area contributed by atoms with Gasteiger partial charge in [-0.15, -0.1) is 0 Å². The highest BCUT2D eigenvalue weighted by Gasteiger charge is 2.24. The van der Waals surface area contributed by atoms with Gasteiger partial charge in [-0.1, -0.05) is 182 Å². The molecule has 0 amide bonds. The maximum absolute atomic E-state index is 6.79. The van der Waals surface area contributed by atoms with Gasteiger partial charge in [-0.05, 0) is 97.6 Å². The van der Waals surface area contributed by atoms with Crippen LogP contribution in [0, 0.1) is 0 Å². The van der Waals surface area contributed by atoms with Crippen molar-refractivity contribution in [3.05, 3.63) is 224 Å². The molecule has 1 heterocycles. The lowest BCUT2D eigenvalue weighted by atomic mass is 9.91. The van der Waals surface area contributed by atoms with Crippen LogP contribution in [0.3, 0.4) is 0 Å². The minimum Gasteiger partial charge on any atom is -0.455 e. The van der Waals surface area contributed by atoms with Gasteiger partial charge in [0.05, 0.1) is 16.8 Å². The maximum Gasteiger partial charge on any atom is 0.145 e. The number of furan rings is 1. The van der Waals surface area contributed by atoms with Crippen molar-refractivity contribution in [1.29, 1.82) is 0 Å². The molecule has 2 heteroatoms. The van der Waals surface area contributed by atoms with Crippen LogP contribution in [-0.4, -0.2) is 0 Å². The summed E-state index contributed by atoms with van der Waals surface area (Å²) in [6.07, 6.45) is 0. The molecule has 0 aliphatic carbocycles. The third-order valence-corrected chi connectivity index (χ3v) is 11.5. The van der Waals surface area contributed by atoms with E-state index in [0.717, 1.165) is 55.7 Å². The summed E-state index contributed by atoms with van der Waals surface area (Å²) in [5.41, 5.74) is 14.3. The van der Waals surface area contributed by atoms with Gasteiger partial charge in [0.2, 0.25) is 0 Å². The van der Waals surface area contributed by atoms with Gasteiger partial charge in [-0.2, -0.15) is 0 Å². The third kappa shape index (κ3) is 5.74. The van der Waals surface area contributed by atoms with E-state index in [1.807, 2.05) is 0 Å². The van der Waals surface area contributed by atoms with Crippen LogP contribution in [-0.2, 0) is 0 Å². The number of benzene rings is 10. The van der Waals surface area contributed by atoms with E-state index >= 15 is 0 Å². The van der Waals surface area contributed by atoms with Crippen molar-refractivity contribution >= 4 is 60.5 Å². The Balaban J connectivity index is 1.14. The van der Waals surface area contributed by atoms with Gasteiger partial charge in [0.1, 0.15) is 11.2 Å². The summed E-state index contributed by atoms with van der Waals surface area (Å²) in [5.74, 6) is 0. The molecular formula is C56H37NO. The summed E-state index contributed by atoms with van der Waals surface area (Å²) in [5, 5.41) is 7.04. The molecule has 272 valence electrons. The molecule has 11 aromatic rings. The average molecular weight is 740 g/mol. The number of hydrogen-bond acceptors (Lipinski definition) is 2. The van der Waals surface area contributed by atoms with E-state index in [4.69, 9.17) is 4.42 Å². The summed E-state index contributed by atoms with van der Waals surface area (Å²) >= 11 is 0. The van der Waals surface area contributed by atoms with E-state index in [9.17, 15) is 0 Å². The van der Waals surface area contributed by atoms with E-state index in [1.165, 1.54) is 49.4 Å². The zero-order valence-corrected chi connectivity index (χ0v) is 31.7. The van der Waals surface area contributed by atoms with E-state index in [1.54, 1.807) is 0 Å². The Kier molecular flexibility index (Phi) is 8.19. The topological polar surface area (TPSA) is 16.4 Å². The Morgan fingerprint density at radius 2 is 0.897 bits per heavy atom. The lowest BCUT2D eigenvalue weighted by Gasteiger charge is -2.28. The van der Waals surface area contributed by atoms with Crippen molar-refractivity contribution in [2.24, 2.45) is 0 Å². The summed E-state index contributed by atoms with van der Waals surface area (Å²) in [7, 11) is 0. The van der Waals surface area contributed by atoms with E-state index in [-0.39, 0.29) is 0 Å². The number of nitrogens with zero attached hydrogens (tertiary/aromatic N) is 1. The van der Waals surface area contributed by atoms with Crippen LogP contribution in [0.1, 0.15) is 0 Å². The quantitative estimate of drug-likeness (QED) is 0.151. The van der Waals surface area contributed by atoms with Crippen LogP contribution in [0.4, 0.5) is 17.1 Å². The highest BCUT2D eigenvalue weighted by Crippen LogP contribution is 2.48. The molecule has 0 aliphatic rings. The van der Waals surface area contributed by atoms with Gasteiger partial charge in [0.25, 0.3) is 0 Å². The molecule has 0 saturated heterocycles. The Morgan fingerprint density at radius 1 is 0.310 bits per heavy atom. The fraction of sp³-hybridized carbons (Fsp3) is 0. The van der Waals surface area contributed by atoms with Gasteiger partial charge in [0, 0.05) is 22.0 Å². The van der Waals surface area contributed by atoms with Crippen molar-refractivity contribution in [2.75, 3.05) is 4.90 Å². The van der Waals surface area contributed by atoms with Crippen LogP contribution in [0.25, 0.3) is 88.0 Å². The molecule has 0 radical (unpaired) electrons. The molecule has 1 aromatic heterocycles. The zero-order chi connectivity index (χ0) is 38.4. The fourth-order valence-electron chi connectivity index (χ4n) is 8.72. The van der Waals surface area contributed by atoms with Crippen LogP contribution < -0.4 is 4.90 Å². The number of para-hydroxylation sites is 1. The number of rotatable bonds is 7. The Hall–Kier alpha value is -7.68. The van der Waals surface area contributed by atoms with Crippen LogP contribution >= 0.6 is 0 Å². The highest BCUT2D eigenvalue weighted by atomic mass is 16.3. The summed E-state index contributed by atoms with van der Waals surface area (Å²) in [4.78, 5) is 2.43. The first-order valence-corrected chi connectivity index (χ1v) is 19.8. The first kappa shape index (κ1) is 33.6. The van der Waals surface area contributed by atoms with Gasteiger partial charge in [-0.3, -0.25) is 0 Å². The monoisotopic (exact) mass is 739 g/mol. The molecular weight excluding hydrogens is 703 g/mol. The molecule has 58 heavy (non-hydrogen) atoms. The lowest BCUT2D eigenvalue weighted by Crippen LogP contribution is -2.11. The molecule has 0 atom stereocenters. The Bertz CT molecular complexity index is 3260.